The van der Waals surface area contributed by atoms with Crippen LogP contribution < -0.4 is 0 Å². The summed E-state index contributed by atoms with van der Waals surface area (Å²) < 4.78 is 0. The first-order valence-corrected chi connectivity index (χ1v) is 10.0. The van der Waals surface area contributed by atoms with E-state index < -0.39 is 6.04 Å². The Morgan fingerprint density at radius 2 is 1.68 bits per heavy atom. The fourth-order valence-electron chi connectivity index (χ4n) is 4.13. The van der Waals surface area contributed by atoms with Crippen molar-refractivity contribution >= 4 is 5.91 Å². The van der Waals surface area contributed by atoms with E-state index in [-0.39, 0.29) is 17.4 Å². The van der Waals surface area contributed by atoms with Gasteiger partial charge in [-0.25, -0.2) is 0 Å². The number of para-hydroxylation sites is 1. The van der Waals surface area contributed by atoms with Crippen LogP contribution in [0.15, 0.2) is 72.8 Å². The van der Waals surface area contributed by atoms with Crippen molar-refractivity contribution in [2.24, 2.45) is 0 Å². The second-order valence-corrected chi connectivity index (χ2v) is 7.79. The van der Waals surface area contributed by atoms with Gasteiger partial charge < -0.3 is 15.1 Å². The molecule has 0 saturated carbocycles. The second-order valence-electron chi connectivity index (χ2n) is 7.79. The van der Waals surface area contributed by atoms with Crippen LogP contribution in [-0.4, -0.2) is 31.2 Å². The zero-order valence-corrected chi connectivity index (χ0v) is 16.9. The van der Waals surface area contributed by atoms with E-state index in [1.807, 2.05) is 49.4 Å². The fraction of sp³-hybridized carbons (Fsp3) is 0.120. The highest BCUT2D eigenvalue weighted by Crippen LogP contribution is 2.45. The third-order valence-corrected chi connectivity index (χ3v) is 5.71. The van der Waals surface area contributed by atoms with Crippen molar-refractivity contribution < 1.29 is 15.0 Å². The summed E-state index contributed by atoms with van der Waals surface area (Å²) in [6.45, 7) is 2.45. The van der Waals surface area contributed by atoms with Crippen LogP contribution in [0.4, 0.5) is 0 Å². The number of aryl methyl sites for hydroxylation is 1. The molecule has 31 heavy (non-hydrogen) atoms. The SMILES string of the molecule is Cc1ccc(CN2C(=O)c3[nH]nc(-c4ccccc4O)c3C2c2ccc(O)cc2)cc1. The number of fused-ring (bicyclic) bond motifs is 1. The number of carbonyl (C=O) groups is 1. The Morgan fingerprint density at radius 3 is 2.39 bits per heavy atom. The Kier molecular flexibility index (Phi) is 4.47. The van der Waals surface area contributed by atoms with E-state index in [1.165, 1.54) is 0 Å². The first kappa shape index (κ1) is 18.9. The molecule has 1 amide bonds. The van der Waals surface area contributed by atoms with Gasteiger partial charge in [0.15, 0.2) is 0 Å². The number of hydrogen-bond acceptors (Lipinski definition) is 4. The average molecular weight is 411 g/mol. The number of nitrogens with one attached hydrogen (secondary N) is 1. The van der Waals surface area contributed by atoms with Gasteiger partial charge >= 0.3 is 0 Å². The Balaban J connectivity index is 1.65. The highest BCUT2D eigenvalue weighted by atomic mass is 16.3. The fourth-order valence-corrected chi connectivity index (χ4v) is 4.13. The van der Waals surface area contributed by atoms with Gasteiger partial charge in [-0.1, -0.05) is 54.1 Å². The number of rotatable bonds is 4. The number of phenolic OH excluding ortho intramolecular Hbond substituents is 2. The van der Waals surface area contributed by atoms with Crippen molar-refractivity contribution in [1.29, 1.82) is 0 Å². The summed E-state index contributed by atoms with van der Waals surface area (Å²) >= 11 is 0. The molecule has 154 valence electrons. The third kappa shape index (κ3) is 3.22. The van der Waals surface area contributed by atoms with E-state index in [4.69, 9.17) is 0 Å². The lowest BCUT2D eigenvalue weighted by Gasteiger charge is -2.26. The van der Waals surface area contributed by atoms with Crippen LogP contribution in [0.3, 0.4) is 0 Å². The van der Waals surface area contributed by atoms with E-state index in [9.17, 15) is 15.0 Å². The number of amides is 1. The van der Waals surface area contributed by atoms with Gasteiger partial charge in [-0.15, -0.1) is 0 Å². The molecule has 3 N–H and O–H groups in total. The number of nitrogens with zero attached hydrogens (tertiary/aromatic N) is 2. The molecule has 5 rings (SSSR count). The predicted molar refractivity (Wildman–Crippen MR) is 117 cm³/mol. The normalized spacial score (nSPS) is 15.3. The largest absolute Gasteiger partial charge is 0.508 e. The smallest absolute Gasteiger partial charge is 0.273 e. The molecule has 1 aliphatic rings. The number of hydrogen-bond donors (Lipinski definition) is 3. The van der Waals surface area contributed by atoms with Crippen LogP contribution in [0, 0.1) is 6.92 Å². The van der Waals surface area contributed by atoms with E-state index in [0.717, 1.165) is 22.3 Å². The highest BCUT2D eigenvalue weighted by molar-refractivity contribution is 6.00. The molecular formula is C25H21N3O3. The molecule has 1 aromatic heterocycles. The molecule has 2 heterocycles. The summed E-state index contributed by atoms with van der Waals surface area (Å²) in [4.78, 5) is 15.2. The van der Waals surface area contributed by atoms with Crippen molar-refractivity contribution in [3.05, 3.63) is 101 Å². The molecule has 6 nitrogen and oxygen atoms in total. The minimum atomic E-state index is -0.405. The van der Waals surface area contributed by atoms with Crippen LogP contribution in [0.25, 0.3) is 11.3 Å². The molecule has 3 aromatic carbocycles. The molecule has 0 radical (unpaired) electrons. The third-order valence-electron chi connectivity index (χ3n) is 5.71. The maximum absolute atomic E-state index is 13.4. The van der Waals surface area contributed by atoms with Crippen molar-refractivity contribution in [1.82, 2.24) is 15.1 Å². The monoisotopic (exact) mass is 411 g/mol. The molecule has 1 aliphatic heterocycles. The molecule has 0 aliphatic carbocycles. The molecule has 0 spiro atoms. The van der Waals surface area contributed by atoms with Crippen LogP contribution in [0.2, 0.25) is 0 Å². The quantitative estimate of drug-likeness (QED) is 0.460. The highest BCUT2D eigenvalue weighted by Gasteiger charge is 2.42. The van der Waals surface area contributed by atoms with Gasteiger partial charge in [-0.05, 0) is 42.3 Å². The predicted octanol–water partition coefficient (Wildman–Crippen LogP) is 4.54. The average Bonchev–Trinajstić information content (AvgIpc) is 3.30. The van der Waals surface area contributed by atoms with Crippen molar-refractivity contribution in [2.75, 3.05) is 0 Å². The topological polar surface area (TPSA) is 89.5 Å². The minimum absolute atomic E-state index is 0.102. The lowest BCUT2D eigenvalue weighted by atomic mass is 9.95. The lowest BCUT2D eigenvalue weighted by molar-refractivity contribution is 0.0730. The maximum Gasteiger partial charge on any atom is 0.273 e. The van der Waals surface area contributed by atoms with Gasteiger partial charge in [0.1, 0.15) is 22.9 Å². The minimum Gasteiger partial charge on any atom is -0.508 e. The summed E-state index contributed by atoms with van der Waals surface area (Å²) in [6.07, 6.45) is 0. The maximum atomic E-state index is 13.4. The summed E-state index contributed by atoms with van der Waals surface area (Å²) in [5.74, 6) is 0.111. The van der Waals surface area contributed by atoms with E-state index in [0.29, 0.717) is 23.5 Å². The van der Waals surface area contributed by atoms with Crippen molar-refractivity contribution in [2.45, 2.75) is 19.5 Å². The molecule has 0 bridgehead atoms. The molecule has 6 heteroatoms. The number of aromatic hydroxyl groups is 2. The standard InChI is InChI=1S/C25H21N3O3/c1-15-6-8-16(9-7-15)14-28-24(17-10-12-18(29)13-11-17)21-22(26-27-23(21)25(28)31)19-4-2-3-5-20(19)30/h2-13,24,29-30H,14H2,1H3,(H,26,27). The second kappa shape index (κ2) is 7.32. The summed E-state index contributed by atoms with van der Waals surface area (Å²) in [7, 11) is 0. The molecule has 0 fully saturated rings. The first-order chi connectivity index (χ1) is 15.0. The van der Waals surface area contributed by atoms with E-state index in [2.05, 4.69) is 10.2 Å². The number of phenols is 2. The Labute approximate surface area is 179 Å². The van der Waals surface area contributed by atoms with Crippen LogP contribution in [0.5, 0.6) is 11.5 Å². The molecule has 1 unspecified atom stereocenters. The van der Waals surface area contributed by atoms with Gasteiger partial charge in [0.25, 0.3) is 5.91 Å². The molecular weight excluding hydrogens is 390 g/mol. The summed E-state index contributed by atoms with van der Waals surface area (Å²) in [5.41, 5.74) is 5.29. The molecule has 0 saturated heterocycles. The van der Waals surface area contributed by atoms with Gasteiger partial charge in [0.05, 0.1) is 6.04 Å². The summed E-state index contributed by atoms with van der Waals surface area (Å²) in [6, 6.07) is 21.5. The van der Waals surface area contributed by atoms with Crippen molar-refractivity contribution in [3.8, 4) is 22.8 Å². The number of aromatic nitrogens is 2. The number of H-pyrrole nitrogens is 1. The Bertz CT molecular complexity index is 1260. The number of carbonyl (C=O) groups excluding carboxylic acids is 1. The zero-order chi connectivity index (χ0) is 21.5. The van der Waals surface area contributed by atoms with Gasteiger partial charge in [0.2, 0.25) is 0 Å². The lowest BCUT2D eigenvalue weighted by Crippen LogP contribution is -2.29. The van der Waals surface area contributed by atoms with Crippen molar-refractivity contribution in [3.63, 3.8) is 0 Å². The first-order valence-electron chi connectivity index (χ1n) is 10.0. The summed E-state index contributed by atoms with van der Waals surface area (Å²) in [5, 5.41) is 27.5. The zero-order valence-electron chi connectivity index (χ0n) is 16.9. The van der Waals surface area contributed by atoms with Gasteiger partial charge in [-0.3, -0.25) is 9.89 Å². The Hall–Kier alpha value is -4.06. The van der Waals surface area contributed by atoms with E-state index >= 15 is 0 Å². The number of aromatic amines is 1. The van der Waals surface area contributed by atoms with E-state index in [1.54, 1.807) is 35.2 Å². The molecule has 4 aromatic rings. The van der Waals surface area contributed by atoms with Gasteiger partial charge in [0, 0.05) is 17.7 Å². The Morgan fingerprint density at radius 1 is 0.968 bits per heavy atom. The molecule has 1 atom stereocenters. The van der Waals surface area contributed by atoms with Crippen LogP contribution in [0.1, 0.15) is 38.8 Å². The van der Waals surface area contributed by atoms with Gasteiger partial charge in [-0.2, -0.15) is 5.10 Å². The van der Waals surface area contributed by atoms with Crippen LogP contribution in [-0.2, 0) is 6.54 Å². The number of benzene rings is 3. The van der Waals surface area contributed by atoms with Crippen LogP contribution >= 0.6 is 0 Å².